The summed E-state index contributed by atoms with van der Waals surface area (Å²) >= 11 is 1.17. The van der Waals surface area contributed by atoms with Crippen LogP contribution in [0.3, 0.4) is 0 Å². The van der Waals surface area contributed by atoms with Crippen LogP contribution >= 0.6 is 11.3 Å². The highest BCUT2D eigenvalue weighted by atomic mass is 32.2. The quantitative estimate of drug-likeness (QED) is 0.614. The topological polar surface area (TPSA) is 72.8 Å². The van der Waals surface area contributed by atoms with E-state index in [4.69, 9.17) is 4.84 Å². The Morgan fingerprint density at radius 3 is 2.89 bits per heavy atom. The zero-order chi connectivity index (χ0) is 13.3. The van der Waals surface area contributed by atoms with E-state index < -0.39 is 15.8 Å². The molecule has 1 aliphatic rings. The number of thiophene rings is 1. The van der Waals surface area contributed by atoms with Crippen molar-refractivity contribution in [2.24, 2.45) is 11.1 Å². The molecule has 18 heavy (non-hydrogen) atoms. The highest BCUT2D eigenvalue weighted by molar-refractivity contribution is 7.93. The van der Waals surface area contributed by atoms with Crippen molar-refractivity contribution < 1.29 is 18.0 Å². The number of hydrogen-bond donors (Lipinski definition) is 0. The maximum atomic E-state index is 11.8. The molecule has 0 spiro atoms. The van der Waals surface area contributed by atoms with Gasteiger partial charge in [0.1, 0.15) is 4.21 Å². The van der Waals surface area contributed by atoms with Crippen LogP contribution in [0.5, 0.6) is 0 Å². The first-order valence-corrected chi connectivity index (χ1v) is 8.03. The summed E-state index contributed by atoms with van der Waals surface area (Å²) in [5.74, 6) is -0.671. The minimum absolute atomic E-state index is 0.0125. The fraction of sp³-hybridized carbons (Fsp3) is 0.455. The zero-order valence-electron chi connectivity index (χ0n) is 10.0. The second kappa shape index (κ2) is 4.81. The van der Waals surface area contributed by atoms with E-state index in [2.05, 4.69) is 5.16 Å². The Kier molecular flexibility index (Phi) is 3.54. The largest absolute Gasteiger partial charge is 0.337 e. The third-order valence-electron chi connectivity index (χ3n) is 2.55. The summed E-state index contributed by atoms with van der Waals surface area (Å²) < 4.78 is 23.9. The van der Waals surface area contributed by atoms with E-state index in [0.29, 0.717) is 15.5 Å². The lowest BCUT2D eigenvalue weighted by molar-refractivity contribution is -0.147. The van der Waals surface area contributed by atoms with Crippen molar-refractivity contribution in [1.29, 1.82) is 0 Å². The summed E-state index contributed by atoms with van der Waals surface area (Å²) in [6.07, 6.45) is 0.275. The number of fused-ring (bicyclic) bond motifs is 1. The third kappa shape index (κ3) is 2.46. The first-order chi connectivity index (χ1) is 8.42. The smallest absolute Gasteiger partial charge is 0.318 e. The van der Waals surface area contributed by atoms with Crippen LogP contribution in [0.4, 0.5) is 0 Å². The Hall–Kier alpha value is -1.21. The van der Waals surface area contributed by atoms with Crippen LogP contribution in [0.25, 0.3) is 0 Å². The number of carbonyl (C=O) groups excluding carboxylic acids is 1. The monoisotopic (exact) mass is 287 g/mol. The van der Waals surface area contributed by atoms with E-state index in [1.54, 1.807) is 25.3 Å². The van der Waals surface area contributed by atoms with Crippen molar-refractivity contribution in [3.63, 3.8) is 0 Å². The van der Waals surface area contributed by atoms with Gasteiger partial charge in [-0.25, -0.2) is 13.2 Å². The molecule has 0 fully saturated rings. The molecule has 0 bridgehead atoms. The van der Waals surface area contributed by atoms with Crippen LogP contribution in [0.2, 0.25) is 0 Å². The summed E-state index contributed by atoms with van der Waals surface area (Å²) in [7, 11) is -3.19. The SMILES string of the molecule is CC(C)C(=O)ON=C1CCS(=O)(=O)c2sccc21. The lowest BCUT2D eigenvalue weighted by Crippen LogP contribution is -2.21. The summed E-state index contributed by atoms with van der Waals surface area (Å²) in [6, 6.07) is 1.69. The predicted molar refractivity (Wildman–Crippen MR) is 68.5 cm³/mol. The van der Waals surface area contributed by atoms with Crippen molar-refractivity contribution in [1.82, 2.24) is 0 Å². The maximum absolute atomic E-state index is 11.8. The van der Waals surface area contributed by atoms with E-state index in [0.717, 1.165) is 0 Å². The molecule has 7 heteroatoms. The van der Waals surface area contributed by atoms with Crippen LogP contribution < -0.4 is 0 Å². The molecule has 1 aromatic heterocycles. The van der Waals surface area contributed by atoms with Crippen LogP contribution in [-0.4, -0.2) is 25.9 Å². The van der Waals surface area contributed by atoms with Crippen LogP contribution in [0.1, 0.15) is 25.8 Å². The van der Waals surface area contributed by atoms with Gasteiger partial charge in [-0.15, -0.1) is 11.3 Å². The fourth-order valence-corrected chi connectivity index (χ4v) is 4.32. The second-order valence-electron chi connectivity index (χ2n) is 4.29. The summed E-state index contributed by atoms with van der Waals surface area (Å²) in [5, 5.41) is 5.49. The summed E-state index contributed by atoms with van der Waals surface area (Å²) in [6.45, 7) is 3.42. The number of nitrogens with zero attached hydrogens (tertiary/aromatic N) is 1. The van der Waals surface area contributed by atoms with E-state index >= 15 is 0 Å². The Balaban J connectivity index is 2.29. The Bertz CT molecular complexity index is 598. The molecule has 0 amide bonds. The second-order valence-corrected chi connectivity index (χ2v) is 7.51. The van der Waals surface area contributed by atoms with E-state index in [9.17, 15) is 13.2 Å². The number of oxime groups is 1. The molecule has 1 aliphatic heterocycles. The minimum atomic E-state index is -3.19. The molecule has 5 nitrogen and oxygen atoms in total. The highest BCUT2D eigenvalue weighted by Gasteiger charge is 2.29. The van der Waals surface area contributed by atoms with Crippen LogP contribution in [-0.2, 0) is 19.5 Å². The molecule has 0 aliphatic carbocycles. The average Bonchev–Trinajstić information content (AvgIpc) is 2.78. The van der Waals surface area contributed by atoms with Crippen molar-refractivity contribution >= 4 is 32.9 Å². The van der Waals surface area contributed by atoms with Crippen molar-refractivity contribution in [3.05, 3.63) is 17.0 Å². The van der Waals surface area contributed by atoms with Gasteiger partial charge in [0.05, 0.1) is 17.4 Å². The van der Waals surface area contributed by atoms with Gasteiger partial charge in [-0.05, 0) is 11.4 Å². The molecule has 98 valence electrons. The Morgan fingerprint density at radius 2 is 2.22 bits per heavy atom. The molecule has 0 N–H and O–H groups in total. The first kappa shape index (κ1) is 13.2. The van der Waals surface area contributed by atoms with E-state index in [1.807, 2.05) is 0 Å². The molecule has 0 saturated carbocycles. The first-order valence-electron chi connectivity index (χ1n) is 5.50. The number of rotatable bonds is 2. The van der Waals surface area contributed by atoms with Gasteiger partial charge in [-0.1, -0.05) is 19.0 Å². The molecule has 0 saturated heterocycles. The van der Waals surface area contributed by atoms with Crippen LogP contribution in [0.15, 0.2) is 20.8 Å². The lowest BCUT2D eigenvalue weighted by atomic mass is 10.1. The molecule has 2 rings (SSSR count). The van der Waals surface area contributed by atoms with E-state index in [-0.39, 0.29) is 18.1 Å². The zero-order valence-corrected chi connectivity index (χ0v) is 11.7. The summed E-state index contributed by atoms with van der Waals surface area (Å²) in [4.78, 5) is 16.1. The molecular formula is C11H13NO4S2. The van der Waals surface area contributed by atoms with E-state index in [1.165, 1.54) is 11.3 Å². The molecule has 0 unspecified atom stereocenters. The molecule has 0 atom stereocenters. The predicted octanol–water partition coefficient (Wildman–Crippen LogP) is 1.83. The fourth-order valence-electron chi connectivity index (χ4n) is 1.51. The van der Waals surface area contributed by atoms with Crippen LogP contribution in [0, 0.1) is 5.92 Å². The van der Waals surface area contributed by atoms with Crippen molar-refractivity contribution in [2.75, 3.05) is 5.75 Å². The van der Waals surface area contributed by atoms with Gasteiger partial charge in [0.25, 0.3) is 0 Å². The molecular weight excluding hydrogens is 274 g/mol. The van der Waals surface area contributed by atoms with Gasteiger partial charge >= 0.3 is 5.97 Å². The van der Waals surface area contributed by atoms with Gasteiger partial charge in [0.15, 0.2) is 9.84 Å². The Morgan fingerprint density at radius 1 is 1.50 bits per heavy atom. The van der Waals surface area contributed by atoms with Gasteiger partial charge in [-0.2, -0.15) is 0 Å². The average molecular weight is 287 g/mol. The molecule has 2 heterocycles. The van der Waals surface area contributed by atoms with Gasteiger partial charge in [-0.3, -0.25) is 0 Å². The van der Waals surface area contributed by atoms with Crippen molar-refractivity contribution in [3.8, 4) is 0 Å². The highest BCUT2D eigenvalue weighted by Crippen LogP contribution is 2.30. The minimum Gasteiger partial charge on any atom is -0.318 e. The lowest BCUT2D eigenvalue weighted by Gasteiger charge is -2.13. The number of hydrogen-bond acceptors (Lipinski definition) is 6. The van der Waals surface area contributed by atoms with Gasteiger partial charge in [0, 0.05) is 12.0 Å². The summed E-state index contributed by atoms with van der Waals surface area (Å²) in [5.41, 5.74) is 1.08. The van der Waals surface area contributed by atoms with Gasteiger partial charge in [0.2, 0.25) is 0 Å². The van der Waals surface area contributed by atoms with Crippen molar-refractivity contribution in [2.45, 2.75) is 24.5 Å². The van der Waals surface area contributed by atoms with Gasteiger partial charge < -0.3 is 4.84 Å². The molecule has 1 aromatic rings. The number of carbonyl (C=O) groups is 1. The normalized spacial score (nSPS) is 19.8. The number of sulfone groups is 1. The molecule has 0 radical (unpaired) electrons. The molecule has 0 aromatic carbocycles. The standard InChI is InChI=1S/C11H13NO4S2/c1-7(2)10(13)16-12-9-4-6-18(14,15)11-8(9)3-5-17-11/h3,5,7H,4,6H2,1-2H3. The third-order valence-corrected chi connectivity index (χ3v) is 5.83. The maximum Gasteiger partial charge on any atom is 0.337 e. The Labute approximate surface area is 109 Å².